The van der Waals surface area contributed by atoms with Gasteiger partial charge in [-0.2, -0.15) is 12.6 Å². The molecule has 50 valence electrons. The van der Waals surface area contributed by atoms with Crippen molar-refractivity contribution >= 4 is 32.1 Å². The molecule has 0 aromatic carbocycles. The maximum Gasteiger partial charge on any atom is 1.00 e. The minimum Gasteiger partial charge on any atom is -0.813 e. The number of hydrogen-bond acceptors (Lipinski definition) is 4. The van der Waals surface area contributed by atoms with Gasteiger partial charge in [-0.25, -0.2) is 0 Å². The Labute approximate surface area is 88.5 Å². The number of rotatable bonds is 2. The van der Waals surface area contributed by atoms with E-state index >= 15 is 0 Å². The van der Waals surface area contributed by atoms with Gasteiger partial charge in [0, 0.05) is 5.75 Å². The van der Waals surface area contributed by atoms with Gasteiger partial charge in [0.05, 0.1) is 0 Å². The molecule has 3 nitrogen and oxygen atoms in total. The number of thiol groups is 2. The first-order chi connectivity index (χ1) is 3.18. The Kier molecular flexibility index (Phi) is 16.9. The maximum atomic E-state index is 9.76. The summed E-state index contributed by atoms with van der Waals surface area (Å²) in [7, 11) is 0. The molecular formula is C3H8NNaO2S2. The zero-order valence-corrected chi connectivity index (χ0v) is 8.90. The molecule has 0 bridgehead atoms. The molecule has 0 saturated carbocycles. The standard InChI is InChI=1S/C3H7NO2S.Na.H2S/c4-2(1-7)3(5)6;;/h2,7H,1,4H2,(H,5,6);;1H2/q;+1;/p-1/t2-;;/m0../s1. The zero-order valence-electron chi connectivity index (χ0n) is 5.11. The number of carboxylic acids is 1. The van der Waals surface area contributed by atoms with Gasteiger partial charge in [-0.1, -0.05) is 0 Å². The van der Waals surface area contributed by atoms with Crippen LogP contribution in [-0.4, -0.2) is 22.9 Å². The normalized spacial score (nSPS) is 10.4. The first kappa shape index (κ1) is 16.6. The van der Waals surface area contributed by atoms with E-state index in [1.54, 1.807) is 0 Å². The Balaban J connectivity index is -0.000000180. The topological polar surface area (TPSA) is 63.3 Å². The van der Waals surface area contributed by atoms with Crippen LogP contribution in [0.4, 0.5) is 0 Å². The zero-order chi connectivity index (χ0) is 5.86. The molecule has 0 aliphatic rings. The van der Waals surface area contributed by atoms with Crippen molar-refractivity contribution in [2.24, 2.45) is 5.73 Å². The van der Waals surface area contributed by atoms with Gasteiger partial charge in [0.1, 0.15) is 6.04 Å². The van der Waals surface area contributed by atoms with Crippen LogP contribution in [-0.2, 0) is 18.3 Å². The fraction of sp³-hybridized carbons (Fsp3) is 0.667. The number of carbonyl (C=O) groups is 1. The van der Waals surface area contributed by atoms with Gasteiger partial charge in [0.15, 0.2) is 0 Å². The van der Waals surface area contributed by atoms with E-state index in [-0.39, 0.29) is 48.8 Å². The van der Waals surface area contributed by atoms with Crippen LogP contribution >= 0.6 is 12.6 Å². The molecule has 0 aliphatic heterocycles. The van der Waals surface area contributed by atoms with Gasteiger partial charge >= 0.3 is 35.5 Å². The van der Waals surface area contributed by atoms with Crippen molar-refractivity contribution in [1.29, 1.82) is 0 Å². The molecule has 3 N–H and O–H groups in total. The van der Waals surface area contributed by atoms with Crippen molar-refractivity contribution in [2.45, 2.75) is 6.04 Å². The molecule has 9 heavy (non-hydrogen) atoms. The van der Waals surface area contributed by atoms with Gasteiger partial charge in [0.2, 0.25) is 0 Å². The molecule has 0 heterocycles. The van der Waals surface area contributed by atoms with Crippen molar-refractivity contribution in [2.75, 3.05) is 5.75 Å². The predicted molar refractivity (Wildman–Crippen MR) is 38.2 cm³/mol. The summed E-state index contributed by atoms with van der Waals surface area (Å²) in [5.41, 5.74) is 4.94. The quantitative estimate of drug-likeness (QED) is 0.229. The second kappa shape index (κ2) is 9.13. The molecule has 1 atom stereocenters. The summed E-state index contributed by atoms with van der Waals surface area (Å²) in [6.45, 7) is 0. The van der Waals surface area contributed by atoms with Gasteiger partial charge in [-0.15, -0.1) is 0 Å². The van der Waals surface area contributed by atoms with E-state index in [1.165, 1.54) is 0 Å². The first-order valence-corrected chi connectivity index (χ1v) is 2.41. The van der Waals surface area contributed by atoms with Crippen molar-refractivity contribution in [3.05, 3.63) is 0 Å². The molecule has 0 unspecified atom stereocenters. The van der Waals surface area contributed by atoms with Crippen LogP contribution in [0.15, 0.2) is 0 Å². The van der Waals surface area contributed by atoms with E-state index in [9.17, 15) is 4.79 Å². The van der Waals surface area contributed by atoms with Gasteiger partial charge in [-0.05, 0) is 0 Å². The fourth-order valence-corrected chi connectivity index (χ4v) is 0.234. The molecule has 0 radical (unpaired) electrons. The Bertz CT molecular complexity index is 82.2. The monoisotopic (exact) mass is 177 g/mol. The minimum absolute atomic E-state index is 0. The summed E-state index contributed by atoms with van der Waals surface area (Å²) in [4.78, 5) is 9.76. The number of hydrogen-bond donors (Lipinski definition) is 3. The third-order valence-corrected chi connectivity index (χ3v) is 0.907. The average molecular weight is 177 g/mol. The Morgan fingerprint density at radius 3 is 2.11 bits per heavy atom. The third kappa shape index (κ3) is 9.13. The van der Waals surface area contributed by atoms with Crippen LogP contribution < -0.4 is 35.3 Å². The smallest absolute Gasteiger partial charge is 0.813 e. The van der Waals surface area contributed by atoms with Gasteiger partial charge in [-0.3, -0.25) is 4.79 Å². The number of carboxylic acid groups (broad SMARTS) is 1. The summed E-state index contributed by atoms with van der Waals surface area (Å²) in [5.74, 6) is -0.815. The van der Waals surface area contributed by atoms with Crippen LogP contribution in [0.3, 0.4) is 0 Å². The SMILES string of the molecule is N[C@@H](CS)C(=O)O.[Na+].[SH-]. The molecule has 0 fully saturated rings. The van der Waals surface area contributed by atoms with Crippen LogP contribution in [0.2, 0.25) is 0 Å². The number of nitrogens with two attached hydrogens (primary N) is 1. The summed E-state index contributed by atoms with van der Waals surface area (Å²) >= 11 is 3.65. The van der Waals surface area contributed by atoms with E-state index in [2.05, 4.69) is 12.6 Å². The molecule has 0 spiro atoms. The van der Waals surface area contributed by atoms with E-state index in [0.29, 0.717) is 0 Å². The molecule has 0 saturated heterocycles. The maximum absolute atomic E-state index is 9.76. The summed E-state index contributed by atoms with van der Waals surface area (Å²) in [5, 5.41) is 8.01. The molecule has 6 heteroatoms. The van der Waals surface area contributed by atoms with Crippen LogP contribution in [0, 0.1) is 0 Å². The average Bonchev–Trinajstić information content (AvgIpc) is 1.65. The first-order valence-electron chi connectivity index (χ1n) is 1.77. The second-order valence-corrected chi connectivity index (χ2v) is 1.49. The van der Waals surface area contributed by atoms with E-state index in [0.717, 1.165) is 0 Å². The summed E-state index contributed by atoms with van der Waals surface area (Å²) < 4.78 is 0. The van der Waals surface area contributed by atoms with Crippen molar-refractivity contribution in [3.63, 3.8) is 0 Å². The molecular weight excluding hydrogens is 169 g/mol. The molecule has 0 aromatic heterocycles. The largest absolute Gasteiger partial charge is 1.00 e. The number of aliphatic carboxylic acids is 1. The second-order valence-electron chi connectivity index (χ2n) is 1.13. The third-order valence-electron chi connectivity index (χ3n) is 0.514. The summed E-state index contributed by atoms with van der Waals surface area (Å²) in [6.07, 6.45) is 0. The Hall–Kier alpha value is 1.13. The fourth-order valence-electron chi connectivity index (χ4n) is 0.0781. The predicted octanol–water partition coefficient (Wildman–Crippen LogP) is -3.94. The van der Waals surface area contributed by atoms with E-state index < -0.39 is 12.0 Å². The minimum atomic E-state index is -1.00. The van der Waals surface area contributed by atoms with Gasteiger partial charge < -0.3 is 24.3 Å². The Morgan fingerprint density at radius 2 is 2.11 bits per heavy atom. The van der Waals surface area contributed by atoms with Crippen molar-refractivity contribution in [3.8, 4) is 0 Å². The molecule has 0 rings (SSSR count). The Morgan fingerprint density at radius 1 is 1.78 bits per heavy atom. The molecule has 0 aliphatic carbocycles. The summed E-state index contributed by atoms with van der Waals surface area (Å²) in [6, 6.07) is -0.816. The van der Waals surface area contributed by atoms with Crippen LogP contribution in [0.25, 0.3) is 0 Å². The van der Waals surface area contributed by atoms with E-state index in [1.807, 2.05) is 0 Å². The van der Waals surface area contributed by atoms with Crippen LogP contribution in [0.5, 0.6) is 0 Å². The molecule has 0 aromatic rings. The van der Waals surface area contributed by atoms with Crippen molar-refractivity contribution < 1.29 is 39.5 Å². The van der Waals surface area contributed by atoms with E-state index in [4.69, 9.17) is 10.8 Å². The van der Waals surface area contributed by atoms with Crippen LogP contribution in [0.1, 0.15) is 0 Å². The van der Waals surface area contributed by atoms with Gasteiger partial charge in [0.25, 0.3) is 0 Å². The van der Waals surface area contributed by atoms with Crippen molar-refractivity contribution in [1.82, 2.24) is 0 Å². The molecule has 0 amide bonds.